The maximum atomic E-state index is 12.3. The number of carbonyl (C=O) groups excluding carboxylic acids is 5. The standard InChI is InChI=1S/C19H22N4O5/c1-4-11-22-17(26)18(27)23(19(22)28)12-15(24)20-14-9-7-13(8-10-14)16(25)21(5-2)6-3/h4,7-10H,1,5-6,11-12H2,2-3H3,(H,20,24). The summed E-state index contributed by atoms with van der Waals surface area (Å²) in [6, 6.07) is 5.41. The van der Waals surface area contributed by atoms with Gasteiger partial charge in [-0.05, 0) is 38.1 Å². The molecule has 1 saturated heterocycles. The van der Waals surface area contributed by atoms with Crippen LogP contribution in [0.1, 0.15) is 24.2 Å². The molecule has 0 bridgehead atoms. The van der Waals surface area contributed by atoms with Crippen molar-refractivity contribution < 1.29 is 24.0 Å². The van der Waals surface area contributed by atoms with Gasteiger partial charge in [0.2, 0.25) is 5.91 Å². The number of rotatable bonds is 8. The smallest absolute Gasteiger partial charge is 0.335 e. The molecule has 6 amide bonds. The third-order valence-electron chi connectivity index (χ3n) is 4.21. The second-order valence-corrected chi connectivity index (χ2v) is 5.98. The predicted molar refractivity (Wildman–Crippen MR) is 101 cm³/mol. The number of nitrogens with zero attached hydrogens (tertiary/aromatic N) is 3. The van der Waals surface area contributed by atoms with E-state index in [1.165, 1.54) is 6.08 Å². The van der Waals surface area contributed by atoms with Crippen LogP contribution in [0.3, 0.4) is 0 Å². The molecule has 0 aromatic heterocycles. The molecule has 1 aliphatic heterocycles. The van der Waals surface area contributed by atoms with Crippen molar-refractivity contribution in [3.63, 3.8) is 0 Å². The van der Waals surface area contributed by atoms with Gasteiger partial charge < -0.3 is 10.2 Å². The summed E-state index contributed by atoms with van der Waals surface area (Å²) in [7, 11) is 0. The number of hydrogen-bond acceptors (Lipinski definition) is 5. The molecule has 9 nitrogen and oxygen atoms in total. The molecule has 0 spiro atoms. The highest BCUT2D eigenvalue weighted by Crippen LogP contribution is 2.14. The number of amides is 6. The van der Waals surface area contributed by atoms with Crippen LogP contribution in [0.25, 0.3) is 0 Å². The minimum absolute atomic E-state index is 0.108. The van der Waals surface area contributed by atoms with Crippen LogP contribution in [0.2, 0.25) is 0 Å². The van der Waals surface area contributed by atoms with Gasteiger partial charge in [-0.25, -0.2) is 9.69 Å². The van der Waals surface area contributed by atoms with E-state index in [0.717, 1.165) is 4.90 Å². The van der Waals surface area contributed by atoms with E-state index in [0.29, 0.717) is 29.2 Å². The van der Waals surface area contributed by atoms with Crippen molar-refractivity contribution in [1.82, 2.24) is 14.7 Å². The van der Waals surface area contributed by atoms with Crippen molar-refractivity contribution in [3.8, 4) is 0 Å². The van der Waals surface area contributed by atoms with E-state index in [-0.39, 0.29) is 12.5 Å². The Balaban J connectivity index is 2.01. The summed E-state index contributed by atoms with van der Waals surface area (Å²) in [6.07, 6.45) is 1.31. The Morgan fingerprint density at radius 1 is 1.04 bits per heavy atom. The summed E-state index contributed by atoms with van der Waals surface area (Å²) < 4.78 is 0. The normalized spacial score (nSPS) is 13.7. The number of anilines is 1. The molecule has 1 heterocycles. The van der Waals surface area contributed by atoms with Crippen LogP contribution in [0, 0.1) is 0 Å². The van der Waals surface area contributed by atoms with E-state index < -0.39 is 30.3 Å². The Hall–Kier alpha value is -3.49. The molecule has 2 rings (SSSR count). The highest BCUT2D eigenvalue weighted by molar-refractivity contribution is 6.45. The third kappa shape index (κ3) is 4.25. The summed E-state index contributed by atoms with van der Waals surface area (Å²) >= 11 is 0. The maximum absolute atomic E-state index is 12.3. The average molecular weight is 386 g/mol. The Morgan fingerprint density at radius 2 is 1.61 bits per heavy atom. The van der Waals surface area contributed by atoms with Crippen LogP contribution in [0.15, 0.2) is 36.9 Å². The van der Waals surface area contributed by atoms with Gasteiger partial charge in [0.1, 0.15) is 6.54 Å². The van der Waals surface area contributed by atoms with Crippen LogP contribution in [0.5, 0.6) is 0 Å². The summed E-state index contributed by atoms with van der Waals surface area (Å²) in [4.78, 5) is 63.1. The zero-order valence-corrected chi connectivity index (χ0v) is 15.8. The fourth-order valence-corrected chi connectivity index (χ4v) is 2.71. The van der Waals surface area contributed by atoms with E-state index in [2.05, 4.69) is 11.9 Å². The summed E-state index contributed by atoms with van der Waals surface area (Å²) in [5.74, 6) is -2.80. The zero-order chi connectivity index (χ0) is 20.8. The average Bonchev–Trinajstić information content (AvgIpc) is 2.88. The monoisotopic (exact) mass is 386 g/mol. The first-order valence-corrected chi connectivity index (χ1v) is 8.81. The molecule has 9 heteroatoms. The van der Waals surface area contributed by atoms with Gasteiger partial charge in [0.15, 0.2) is 0 Å². The van der Waals surface area contributed by atoms with Gasteiger partial charge in [-0.15, -0.1) is 6.58 Å². The first-order chi connectivity index (χ1) is 13.3. The molecule has 148 valence electrons. The van der Waals surface area contributed by atoms with E-state index in [4.69, 9.17) is 0 Å². The minimum Gasteiger partial charge on any atom is -0.339 e. The highest BCUT2D eigenvalue weighted by atomic mass is 16.2. The summed E-state index contributed by atoms with van der Waals surface area (Å²) in [5.41, 5.74) is 0.881. The maximum Gasteiger partial charge on any atom is 0.335 e. The zero-order valence-electron chi connectivity index (χ0n) is 15.8. The van der Waals surface area contributed by atoms with Crippen molar-refractivity contribution in [2.75, 3.05) is 31.5 Å². The molecule has 1 aliphatic rings. The van der Waals surface area contributed by atoms with E-state index in [9.17, 15) is 24.0 Å². The molecular formula is C19H22N4O5. The number of hydrogen-bond donors (Lipinski definition) is 1. The molecule has 1 aromatic carbocycles. The molecule has 1 N–H and O–H groups in total. The minimum atomic E-state index is -1.05. The van der Waals surface area contributed by atoms with Crippen molar-refractivity contribution in [3.05, 3.63) is 42.5 Å². The van der Waals surface area contributed by atoms with Gasteiger partial charge in [-0.2, -0.15) is 0 Å². The fourth-order valence-electron chi connectivity index (χ4n) is 2.71. The van der Waals surface area contributed by atoms with Crippen LogP contribution >= 0.6 is 0 Å². The molecule has 0 saturated carbocycles. The third-order valence-corrected chi connectivity index (χ3v) is 4.21. The summed E-state index contributed by atoms with van der Waals surface area (Å²) in [6.45, 7) is 7.68. The van der Waals surface area contributed by atoms with Gasteiger partial charge in [0.25, 0.3) is 5.91 Å². The topological polar surface area (TPSA) is 107 Å². The van der Waals surface area contributed by atoms with Crippen molar-refractivity contribution in [2.45, 2.75) is 13.8 Å². The number of carbonyl (C=O) groups is 5. The van der Waals surface area contributed by atoms with Gasteiger partial charge in [-0.1, -0.05) is 6.08 Å². The molecule has 0 radical (unpaired) electrons. The Labute approximate surface area is 162 Å². The molecule has 0 unspecified atom stereocenters. The molecule has 0 aliphatic carbocycles. The molecule has 0 atom stereocenters. The van der Waals surface area contributed by atoms with Gasteiger partial charge in [0.05, 0.1) is 0 Å². The van der Waals surface area contributed by atoms with E-state index >= 15 is 0 Å². The molecule has 1 aromatic rings. The van der Waals surface area contributed by atoms with Crippen LogP contribution in [-0.2, 0) is 14.4 Å². The lowest BCUT2D eigenvalue weighted by Crippen LogP contribution is -2.39. The number of imide groups is 2. The summed E-state index contributed by atoms with van der Waals surface area (Å²) in [5, 5.41) is 2.53. The number of nitrogens with one attached hydrogen (secondary N) is 1. The lowest BCUT2D eigenvalue weighted by atomic mass is 10.1. The Bertz CT molecular complexity index is 814. The number of benzene rings is 1. The van der Waals surface area contributed by atoms with Crippen molar-refractivity contribution >= 4 is 35.3 Å². The Morgan fingerprint density at radius 3 is 2.14 bits per heavy atom. The van der Waals surface area contributed by atoms with Gasteiger partial charge in [0, 0.05) is 30.9 Å². The van der Waals surface area contributed by atoms with Gasteiger partial charge in [-0.3, -0.25) is 24.1 Å². The van der Waals surface area contributed by atoms with Gasteiger partial charge >= 0.3 is 17.8 Å². The molecule has 28 heavy (non-hydrogen) atoms. The first-order valence-electron chi connectivity index (χ1n) is 8.81. The van der Waals surface area contributed by atoms with E-state index in [1.807, 2.05) is 13.8 Å². The van der Waals surface area contributed by atoms with Crippen LogP contribution in [0.4, 0.5) is 10.5 Å². The number of urea groups is 1. The lowest BCUT2D eigenvalue weighted by Gasteiger charge is -2.18. The predicted octanol–water partition coefficient (Wildman–Crippen LogP) is 1.08. The second-order valence-electron chi connectivity index (χ2n) is 5.98. The lowest BCUT2D eigenvalue weighted by molar-refractivity contribution is -0.143. The largest absolute Gasteiger partial charge is 0.339 e. The van der Waals surface area contributed by atoms with E-state index in [1.54, 1.807) is 29.2 Å². The fraction of sp³-hybridized carbons (Fsp3) is 0.316. The second kappa shape index (κ2) is 8.94. The molecular weight excluding hydrogens is 364 g/mol. The van der Waals surface area contributed by atoms with Crippen LogP contribution in [-0.4, -0.2) is 70.5 Å². The molecule has 1 fully saturated rings. The highest BCUT2D eigenvalue weighted by Gasteiger charge is 2.44. The quantitative estimate of drug-likeness (QED) is 0.409. The van der Waals surface area contributed by atoms with Crippen LogP contribution < -0.4 is 5.32 Å². The van der Waals surface area contributed by atoms with Crippen molar-refractivity contribution in [2.24, 2.45) is 0 Å². The Kier molecular flexibility index (Phi) is 6.64. The first kappa shape index (κ1) is 20.8. The van der Waals surface area contributed by atoms with Crippen molar-refractivity contribution in [1.29, 1.82) is 0 Å². The SMILES string of the molecule is C=CCN1C(=O)C(=O)N(CC(=O)Nc2ccc(C(=O)N(CC)CC)cc2)C1=O.